The van der Waals surface area contributed by atoms with Gasteiger partial charge in [0.15, 0.2) is 0 Å². The fourth-order valence-electron chi connectivity index (χ4n) is 2.77. The molecule has 1 heterocycles. The minimum absolute atomic E-state index is 0.126. The Morgan fingerprint density at radius 3 is 2.30 bits per heavy atom. The lowest BCUT2D eigenvalue weighted by atomic mass is 10.2. The molecule has 0 saturated carbocycles. The number of hydrogen-bond donors (Lipinski definition) is 1. The minimum Gasteiger partial charge on any atom is -0.383 e. The summed E-state index contributed by atoms with van der Waals surface area (Å²) in [6.07, 6.45) is 0. The second-order valence-electron chi connectivity index (χ2n) is 6.70. The molecule has 0 aliphatic heterocycles. The minimum atomic E-state index is -0.466. The van der Waals surface area contributed by atoms with E-state index < -0.39 is 4.92 Å². The largest absolute Gasteiger partial charge is 0.383 e. The van der Waals surface area contributed by atoms with Crippen LogP contribution in [0, 0.1) is 17.0 Å². The molecular weight excluding hydrogens is 456 g/mol. The van der Waals surface area contributed by atoms with Gasteiger partial charge in [0.1, 0.15) is 5.82 Å². The summed E-state index contributed by atoms with van der Waals surface area (Å²) >= 11 is 3.52. The molecule has 164 valence electrons. The van der Waals surface area contributed by atoms with Gasteiger partial charge in [-0.15, -0.1) is 0 Å². The first-order valence-electron chi connectivity index (χ1n) is 9.28. The van der Waals surface area contributed by atoms with Gasteiger partial charge in [-0.3, -0.25) is 10.1 Å². The number of rotatable bonds is 11. The molecule has 1 aromatic heterocycles. The van der Waals surface area contributed by atoms with Crippen molar-refractivity contribution < 1.29 is 14.4 Å². The number of nitro groups is 1. The van der Waals surface area contributed by atoms with Gasteiger partial charge in [-0.05, 0) is 41.1 Å². The lowest BCUT2D eigenvalue weighted by Crippen LogP contribution is -2.32. The Morgan fingerprint density at radius 2 is 1.80 bits per heavy atom. The molecular formula is C19H27BrN6O4. The molecule has 0 fully saturated rings. The number of hydrogen-bond acceptors (Lipinski definition) is 9. The Balaban J connectivity index is 2.51. The zero-order chi connectivity index (χ0) is 22.3. The Bertz CT molecular complexity index is 872. The second kappa shape index (κ2) is 11.0. The summed E-state index contributed by atoms with van der Waals surface area (Å²) in [7, 11) is 7.04. The van der Waals surface area contributed by atoms with Crippen molar-refractivity contribution in [2.45, 2.75) is 6.92 Å². The highest BCUT2D eigenvalue weighted by molar-refractivity contribution is 9.10. The van der Waals surface area contributed by atoms with Crippen LogP contribution in [0.1, 0.15) is 5.82 Å². The number of aromatic nitrogens is 2. The number of halogens is 1. The topological polar surface area (TPSA) is 106 Å². The third kappa shape index (κ3) is 6.00. The SMILES string of the molecule is COCCN(CCOC)c1nc(C)nc(Nc2ccc(N(C)C)cc2Br)c1[N+](=O)[O-]. The van der Waals surface area contributed by atoms with Crippen LogP contribution in [-0.2, 0) is 9.47 Å². The molecule has 11 heteroatoms. The Hall–Kier alpha value is -2.50. The quantitative estimate of drug-likeness (QED) is 0.380. The maximum Gasteiger partial charge on any atom is 0.353 e. The first kappa shape index (κ1) is 23.8. The Kier molecular flexibility index (Phi) is 8.75. The van der Waals surface area contributed by atoms with Crippen LogP contribution in [0.4, 0.5) is 28.7 Å². The number of methoxy groups -OCH3 is 2. The van der Waals surface area contributed by atoms with Gasteiger partial charge in [0.2, 0.25) is 11.6 Å². The van der Waals surface area contributed by atoms with Gasteiger partial charge in [0.05, 0.1) is 23.8 Å². The monoisotopic (exact) mass is 482 g/mol. The molecule has 0 spiro atoms. The van der Waals surface area contributed by atoms with Gasteiger partial charge >= 0.3 is 5.69 Å². The van der Waals surface area contributed by atoms with Crippen LogP contribution >= 0.6 is 15.9 Å². The second-order valence-corrected chi connectivity index (χ2v) is 7.56. The summed E-state index contributed by atoms with van der Waals surface area (Å²) in [6, 6.07) is 5.68. The van der Waals surface area contributed by atoms with Crippen LogP contribution in [0.2, 0.25) is 0 Å². The normalized spacial score (nSPS) is 10.7. The van der Waals surface area contributed by atoms with Gasteiger partial charge in [-0.25, -0.2) is 9.97 Å². The molecule has 0 aliphatic carbocycles. The molecule has 2 rings (SSSR count). The van der Waals surface area contributed by atoms with Crippen molar-refractivity contribution in [2.24, 2.45) is 0 Å². The third-order valence-corrected chi connectivity index (χ3v) is 4.97. The van der Waals surface area contributed by atoms with Crippen LogP contribution in [0.3, 0.4) is 0 Å². The van der Waals surface area contributed by atoms with Gasteiger partial charge < -0.3 is 24.6 Å². The van der Waals surface area contributed by atoms with Crippen molar-refractivity contribution in [1.82, 2.24) is 9.97 Å². The fraction of sp³-hybridized carbons (Fsp3) is 0.474. The summed E-state index contributed by atoms with van der Waals surface area (Å²) in [4.78, 5) is 23.9. The molecule has 1 N–H and O–H groups in total. The average Bonchev–Trinajstić information content (AvgIpc) is 2.68. The molecule has 10 nitrogen and oxygen atoms in total. The number of nitrogens with zero attached hydrogens (tertiary/aromatic N) is 5. The van der Waals surface area contributed by atoms with Crippen molar-refractivity contribution in [2.75, 3.05) is 69.7 Å². The summed E-state index contributed by atoms with van der Waals surface area (Å²) in [5.41, 5.74) is 1.45. The van der Waals surface area contributed by atoms with E-state index in [4.69, 9.17) is 9.47 Å². The van der Waals surface area contributed by atoms with E-state index in [2.05, 4.69) is 31.2 Å². The predicted octanol–water partition coefficient (Wildman–Crippen LogP) is 3.36. The number of benzene rings is 1. The van der Waals surface area contributed by atoms with Crippen LogP contribution in [-0.4, -0.2) is 69.5 Å². The predicted molar refractivity (Wildman–Crippen MR) is 121 cm³/mol. The lowest BCUT2D eigenvalue weighted by Gasteiger charge is -2.24. The molecule has 2 aromatic rings. The zero-order valence-electron chi connectivity index (χ0n) is 17.8. The smallest absolute Gasteiger partial charge is 0.353 e. The molecule has 30 heavy (non-hydrogen) atoms. The van der Waals surface area contributed by atoms with Crippen LogP contribution < -0.4 is 15.1 Å². The maximum atomic E-state index is 12.0. The standard InChI is InChI=1S/C19H27BrN6O4/c1-13-21-18(23-16-7-6-14(24(2)3)12-15(16)20)17(26(27)28)19(22-13)25(8-10-29-4)9-11-30-5/h6-7,12H,8-11H2,1-5H3,(H,21,22,23). The van der Waals surface area contributed by atoms with Crippen molar-refractivity contribution in [3.8, 4) is 0 Å². The van der Waals surface area contributed by atoms with E-state index >= 15 is 0 Å². The summed E-state index contributed by atoms with van der Waals surface area (Å²) in [5, 5.41) is 15.1. The highest BCUT2D eigenvalue weighted by atomic mass is 79.9. The highest BCUT2D eigenvalue weighted by Gasteiger charge is 2.28. The summed E-state index contributed by atoms with van der Waals surface area (Å²) < 4.78 is 11.1. The highest BCUT2D eigenvalue weighted by Crippen LogP contribution is 2.36. The van der Waals surface area contributed by atoms with Crippen LogP contribution in [0.5, 0.6) is 0 Å². The lowest BCUT2D eigenvalue weighted by molar-refractivity contribution is -0.383. The molecule has 0 amide bonds. The van der Waals surface area contributed by atoms with Crippen molar-refractivity contribution >= 4 is 44.6 Å². The maximum absolute atomic E-state index is 12.0. The van der Waals surface area contributed by atoms with E-state index in [0.717, 1.165) is 10.2 Å². The van der Waals surface area contributed by atoms with Gasteiger partial charge in [0.25, 0.3) is 0 Å². The number of nitrogens with one attached hydrogen (secondary N) is 1. The molecule has 0 aliphatic rings. The molecule has 0 radical (unpaired) electrons. The Morgan fingerprint density at radius 1 is 1.17 bits per heavy atom. The van der Waals surface area contributed by atoms with Gasteiger partial charge in [-0.1, -0.05) is 0 Å². The third-order valence-electron chi connectivity index (χ3n) is 4.31. The number of ether oxygens (including phenoxy) is 2. The van der Waals surface area contributed by atoms with E-state index in [1.807, 2.05) is 37.2 Å². The van der Waals surface area contributed by atoms with Crippen LogP contribution in [0.25, 0.3) is 0 Å². The summed E-state index contributed by atoms with van der Waals surface area (Å²) in [6.45, 7) is 3.34. The van der Waals surface area contributed by atoms with E-state index in [0.29, 0.717) is 37.8 Å². The number of aryl methyl sites for hydroxylation is 1. The zero-order valence-corrected chi connectivity index (χ0v) is 19.4. The van der Waals surface area contributed by atoms with Crippen molar-refractivity contribution in [3.05, 3.63) is 38.6 Å². The fourth-order valence-corrected chi connectivity index (χ4v) is 3.23. The van der Waals surface area contributed by atoms with Gasteiger partial charge in [-0.2, -0.15) is 0 Å². The first-order valence-corrected chi connectivity index (χ1v) is 10.1. The average molecular weight is 483 g/mol. The van der Waals surface area contributed by atoms with E-state index in [1.165, 1.54) is 0 Å². The van der Waals surface area contributed by atoms with E-state index in [1.54, 1.807) is 26.0 Å². The van der Waals surface area contributed by atoms with E-state index in [-0.39, 0.29) is 17.3 Å². The first-order chi connectivity index (χ1) is 14.3. The van der Waals surface area contributed by atoms with E-state index in [9.17, 15) is 10.1 Å². The van der Waals surface area contributed by atoms with Crippen molar-refractivity contribution in [1.29, 1.82) is 0 Å². The summed E-state index contributed by atoms with van der Waals surface area (Å²) in [5.74, 6) is 0.768. The molecule has 1 aromatic carbocycles. The Labute approximate surface area is 184 Å². The number of anilines is 4. The molecule has 0 saturated heterocycles. The van der Waals surface area contributed by atoms with Crippen LogP contribution in [0.15, 0.2) is 22.7 Å². The van der Waals surface area contributed by atoms with Gasteiger partial charge in [0, 0.05) is 51.6 Å². The molecule has 0 unspecified atom stereocenters. The van der Waals surface area contributed by atoms with Crippen molar-refractivity contribution in [3.63, 3.8) is 0 Å². The molecule has 0 atom stereocenters. The molecule has 0 bridgehead atoms.